The van der Waals surface area contributed by atoms with Gasteiger partial charge in [-0.3, -0.25) is 4.90 Å². The molecule has 0 aliphatic carbocycles. The minimum Gasteiger partial charge on any atom is -0.496 e. The molecule has 4 aromatic carbocycles. The van der Waals surface area contributed by atoms with E-state index in [2.05, 4.69) is 24.3 Å². The van der Waals surface area contributed by atoms with E-state index < -0.39 is 17.7 Å². The zero-order valence-corrected chi connectivity index (χ0v) is 25.6. The number of benzene rings is 4. The maximum atomic E-state index is 13.8. The van der Waals surface area contributed by atoms with Crippen LogP contribution in [0.15, 0.2) is 84.9 Å². The first-order valence-electron chi connectivity index (χ1n) is 14.6. The Bertz CT molecular complexity index is 1620. The smallest absolute Gasteiger partial charge is 0.410 e. The topological polar surface area (TPSA) is 74.3 Å². The molecule has 4 aromatic rings. The van der Waals surface area contributed by atoms with Crippen LogP contribution in [-0.4, -0.2) is 49.4 Å². The molecule has 7 nitrogen and oxygen atoms in total. The van der Waals surface area contributed by atoms with Crippen LogP contribution in [0.4, 0.5) is 4.79 Å². The Balaban J connectivity index is 1.52. The van der Waals surface area contributed by atoms with Gasteiger partial charge < -0.3 is 18.9 Å². The summed E-state index contributed by atoms with van der Waals surface area (Å²) in [4.78, 5) is 27.8. The highest BCUT2D eigenvalue weighted by Gasteiger charge is 2.36. The minimum absolute atomic E-state index is 0.0926. The van der Waals surface area contributed by atoms with Crippen LogP contribution >= 0.6 is 0 Å². The maximum absolute atomic E-state index is 13.8. The summed E-state index contributed by atoms with van der Waals surface area (Å²) in [6, 6.07) is 27.4. The largest absolute Gasteiger partial charge is 0.496 e. The van der Waals surface area contributed by atoms with Crippen molar-refractivity contribution in [1.82, 2.24) is 4.90 Å². The molecule has 7 heteroatoms. The summed E-state index contributed by atoms with van der Waals surface area (Å²) in [5.41, 5.74) is 2.75. The van der Waals surface area contributed by atoms with Crippen molar-refractivity contribution in [3.8, 4) is 11.5 Å². The van der Waals surface area contributed by atoms with Crippen molar-refractivity contribution in [1.29, 1.82) is 0 Å². The third-order valence-corrected chi connectivity index (χ3v) is 7.89. The Morgan fingerprint density at radius 3 is 2.40 bits per heavy atom. The number of para-hydroxylation sites is 1. The molecule has 3 atom stereocenters. The molecule has 0 fully saturated rings. The maximum Gasteiger partial charge on any atom is 0.410 e. The lowest BCUT2D eigenvalue weighted by molar-refractivity contribution is 0.00568. The molecule has 1 heterocycles. The summed E-state index contributed by atoms with van der Waals surface area (Å²) in [5.74, 6) is 0.830. The first-order chi connectivity index (χ1) is 20.6. The van der Waals surface area contributed by atoms with Crippen LogP contribution in [0.1, 0.15) is 73.1 Å². The van der Waals surface area contributed by atoms with E-state index in [4.69, 9.17) is 18.9 Å². The fourth-order valence-electron chi connectivity index (χ4n) is 5.86. The number of rotatable bonds is 7. The van der Waals surface area contributed by atoms with Crippen molar-refractivity contribution in [3.05, 3.63) is 107 Å². The Labute approximate surface area is 253 Å². The number of amides is 1. The molecular formula is C36H39NO6. The van der Waals surface area contributed by atoms with Gasteiger partial charge in [-0.25, -0.2) is 9.59 Å². The molecule has 0 radical (unpaired) electrons. The summed E-state index contributed by atoms with van der Waals surface area (Å²) in [7, 11) is 2.95. The van der Waals surface area contributed by atoms with Crippen LogP contribution in [0.2, 0.25) is 0 Å². The molecule has 1 aliphatic rings. The Kier molecular flexibility index (Phi) is 8.62. The molecule has 0 aromatic heterocycles. The van der Waals surface area contributed by atoms with E-state index in [0.29, 0.717) is 24.3 Å². The predicted molar refractivity (Wildman–Crippen MR) is 167 cm³/mol. The number of nitrogens with zero attached hydrogens (tertiary/aromatic N) is 1. The molecule has 0 N–H and O–H groups in total. The van der Waals surface area contributed by atoms with Crippen LogP contribution in [-0.2, 0) is 9.47 Å². The second kappa shape index (κ2) is 12.4. The SMILES string of the molecule is COC(=O)c1ccc(C2CC(CN(C(=O)OC(C)(C)C)C(C)c3cccc4ccccc34)Oc3ccccc32)c(OC)c1. The average Bonchev–Trinajstić information content (AvgIpc) is 3.01. The number of hydrogen-bond donors (Lipinski definition) is 0. The third-order valence-electron chi connectivity index (χ3n) is 7.89. The fraction of sp³-hybridized carbons (Fsp3) is 0.333. The van der Waals surface area contributed by atoms with Crippen LogP contribution < -0.4 is 9.47 Å². The van der Waals surface area contributed by atoms with Crippen LogP contribution in [0.3, 0.4) is 0 Å². The molecule has 1 amide bonds. The van der Waals surface area contributed by atoms with Gasteiger partial charge >= 0.3 is 12.1 Å². The van der Waals surface area contributed by atoms with Gasteiger partial charge in [-0.05, 0) is 68.7 Å². The fourth-order valence-corrected chi connectivity index (χ4v) is 5.86. The van der Waals surface area contributed by atoms with E-state index in [-0.39, 0.29) is 18.1 Å². The van der Waals surface area contributed by atoms with Crippen molar-refractivity contribution < 1.29 is 28.5 Å². The molecule has 1 aliphatic heterocycles. The van der Waals surface area contributed by atoms with E-state index in [1.54, 1.807) is 24.1 Å². The van der Waals surface area contributed by atoms with Crippen molar-refractivity contribution in [2.45, 2.75) is 57.8 Å². The molecule has 3 unspecified atom stereocenters. The molecule has 0 saturated carbocycles. The van der Waals surface area contributed by atoms with Gasteiger partial charge in [0.2, 0.25) is 0 Å². The van der Waals surface area contributed by atoms with Crippen LogP contribution in [0.25, 0.3) is 10.8 Å². The van der Waals surface area contributed by atoms with E-state index in [1.807, 2.05) is 76.2 Å². The van der Waals surface area contributed by atoms with E-state index in [0.717, 1.165) is 33.2 Å². The number of methoxy groups -OCH3 is 2. The zero-order valence-electron chi connectivity index (χ0n) is 25.6. The van der Waals surface area contributed by atoms with Gasteiger partial charge in [0.25, 0.3) is 0 Å². The number of ether oxygens (including phenoxy) is 4. The summed E-state index contributed by atoms with van der Waals surface area (Å²) in [5, 5.41) is 2.20. The highest BCUT2D eigenvalue weighted by Crippen LogP contribution is 2.44. The minimum atomic E-state index is -0.662. The number of fused-ring (bicyclic) bond motifs is 2. The lowest BCUT2D eigenvalue weighted by atomic mass is 9.83. The standard InChI is InChI=1S/C36H39NO6/c1-23(27-16-11-13-24-12-7-8-14-28(24)27)37(35(39)43-36(2,3)4)22-26-21-31(29-15-9-10-17-32(29)42-26)30-19-18-25(34(38)41-6)20-33(30)40-5/h7-20,23,26,31H,21-22H2,1-6H3. The van der Waals surface area contributed by atoms with Gasteiger partial charge in [-0.2, -0.15) is 0 Å². The summed E-state index contributed by atoms with van der Waals surface area (Å²) in [6.07, 6.45) is -0.145. The Morgan fingerprint density at radius 2 is 1.65 bits per heavy atom. The predicted octanol–water partition coefficient (Wildman–Crippen LogP) is 7.92. The molecule has 43 heavy (non-hydrogen) atoms. The lowest BCUT2D eigenvalue weighted by Gasteiger charge is -2.38. The number of carbonyl (C=O) groups is 2. The molecule has 0 saturated heterocycles. The highest BCUT2D eigenvalue weighted by atomic mass is 16.6. The second-order valence-corrected chi connectivity index (χ2v) is 11.9. The Morgan fingerprint density at radius 1 is 0.930 bits per heavy atom. The number of carbonyl (C=O) groups excluding carboxylic acids is 2. The van der Waals surface area contributed by atoms with Crippen molar-refractivity contribution in [3.63, 3.8) is 0 Å². The second-order valence-electron chi connectivity index (χ2n) is 11.9. The summed E-state index contributed by atoms with van der Waals surface area (Å²) < 4.78 is 23.2. The number of hydrogen-bond acceptors (Lipinski definition) is 6. The molecule has 5 rings (SSSR count). The Hall–Kier alpha value is -4.52. The van der Waals surface area contributed by atoms with Crippen molar-refractivity contribution >= 4 is 22.8 Å². The van der Waals surface area contributed by atoms with Gasteiger partial charge in [0.05, 0.1) is 32.4 Å². The molecule has 0 spiro atoms. The van der Waals surface area contributed by atoms with Gasteiger partial charge in [0, 0.05) is 17.0 Å². The van der Waals surface area contributed by atoms with E-state index in [1.165, 1.54) is 7.11 Å². The number of esters is 1. The summed E-state index contributed by atoms with van der Waals surface area (Å²) in [6.45, 7) is 7.97. The van der Waals surface area contributed by atoms with Gasteiger partial charge in [0.1, 0.15) is 23.2 Å². The van der Waals surface area contributed by atoms with E-state index in [9.17, 15) is 9.59 Å². The quantitative estimate of drug-likeness (QED) is 0.207. The van der Waals surface area contributed by atoms with Gasteiger partial charge in [-0.1, -0.05) is 66.7 Å². The summed E-state index contributed by atoms with van der Waals surface area (Å²) >= 11 is 0. The highest BCUT2D eigenvalue weighted by molar-refractivity contribution is 5.90. The molecular weight excluding hydrogens is 542 g/mol. The first-order valence-corrected chi connectivity index (χ1v) is 14.6. The monoisotopic (exact) mass is 581 g/mol. The third kappa shape index (κ3) is 6.46. The zero-order chi connectivity index (χ0) is 30.7. The van der Waals surface area contributed by atoms with Gasteiger partial charge in [-0.15, -0.1) is 0 Å². The lowest BCUT2D eigenvalue weighted by Crippen LogP contribution is -2.45. The van der Waals surface area contributed by atoms with Gasteiger partial charge in [0.15, 0.2) is 0 Å². The van der Waals surface area contributed by atoms with Crippen molar-refractivity contribution in [2.24, 2.45) is 0 Å². The van der Waals surface area contributed by atoms with E-state index >= 15 is 0 Å². The van der Waals surface area contributed by atoms with Crippen LogP contribution in [0.5, 0.6) is 11.5 Å². The van der Waals surface area contributed by atoms with Crippen LogP contribution in [0, 0.1) is 0 Å². The van der Waals surface area contributed by atoms with Crippen molar-refractivity contribution in [2.75, 3.05) is 20.8 Å². The normalized spacial score (nSPS) is 16.9. The average molecular weight is 582 g/mol. The molecule has 224 valence electrons. The first kappa shape index (κ1) is 30.0. The molecule has 0 bridgehead atoms.